The molecular formula is C15H14FN3O4. The van der Waals surface area contributed by atoms with Gasteiger partial charge in [-0.05, 0) is 24.6 Å². The van der Waals surface area contributed by atoms with Gasteiger partial charge in [-0.25, -0.2) is 4.39 Å². The fourth-order valence-electron chi connectivity index (χ4n) is 2.03. The summed E-state index contributed by atoms with van der Waals surface area (Å²) in [5.41, 5.74) is -0.0877. The van der Waals surface area contributed by atoms with Crippen LogP contribution in [0.25, 0.3) is 0 Å². The van der Waals surface area contributed by atoms with Crippen molar-refractivity contribution < 1.29 is 14.1 Å². The number of pyridine rings is 1. The predicted octanol–water partition coefficient (Wildman–Crippen LogP) is 1.77. The molecule has 1 atom stereocenters. The van der Waals surface area contributed by atoms with Crippen molar-refractivity contribution in [1.29, 1.82) is 0 Å². The summed E-state index contributed by atoms with van der Waals surface area (Å²) in [6.45, 7) is 1.37. The smallest absolute Gasteiger partial charge is 0.285 e. The average molecular weight is 319 g/mol. The minimum Gasteiger partial charge on any atom is -0.348 e. The number of amides is 1. The van der Waals surface area contributed by atoms with E-state index in [0.717, 1.165) is 22.9 Å². The Hall–Kier alpha value is -3.03. The number of nitrogens with one attached hydrogen (secondary N) is 1. The van der Waals surface area contributed by atoms with Gasteiger partial charge >= 0.3 is 0 Å². The Morgan fingerprint density at radius 1 is 1.30 bits per heavy atom. The standard InChI is InChI=1S/C15H14FN3O4/c1-10(11-2-4-12(16)5-3-11)17-14(20)9-18-8-13(19(22)23)6-7-15(18)21/h2-8,10H,9H2,1H3,(H,17,20). The van der Waals surface area contributed by atoms with Crippen molar-refractivity contribution >= 4 is 11.6 Å². The molecule has 23 heavy (non-hydrogen) atoms. The van der Waals surface area contributed by atoms with Crippen LogP contribution in [0.1, 0.15) is 18.5 Å². The lowest BCUT2D eigenvalue weighted by Gasteiger charge is -2.14. The van der Waals surface area contributed by atoms with Gasteiger partial charge in [0.05, 0.1) is 17.2 Å². The Labute approximate surface area is 130 Å². The van der Waals surface area contributed by atoms with E-state index in [4.69, 9.17) is 0 Å². The second kappa shape index (κ2) is 6.82. The molecule has 0 bridgehead atoms. The number of rotatable bonds is 5. The number of halogens is 1. The van der Waals surface area contributed by atoms with E-state index in [-0.39, 0.29) is 18.0 Å². The van der Waals surface area contributed by atoms with Crippen molar-refractivity contribution in [1.82, 2.24) is 9.88 Å². The molecule has 0 aliphatic heterocycles. The lowest BCUT2D eigenvalue weighted by atomic mass is 10.1. The summed E-state index contributed by atoms with van der Waals surface area (Å²) in [5, 5.41) is 13.3. The first-order chi connectivity index (χ1) is 10.9. The van der Waals surface area contributed by atoms with Gasteiger partial charge in [0.1, 0.15) is 12.4 Å². The van der Waals surface area contributed by atoms with Crippen LogP contribution in [0.4, 0.5) is 10.1 Å². The van der Waals surface area contributed by atoms with Gasteiger partial charge in [0.2, 0.25) is 5.91 Å². The molecule has 0 aliphatic rings. The zero-order valence-electron chi connectivity index (χ0n) is 12.2. The fraction of sp³-hybridized carbons (Fsp3) is 0.200. The van der Waals surface area contributed by atoms with Gasteiger partial charge in [0, 0.05) is 12.1 Å². The second-order valence-electron chi connectivity index (χ2n) is 4.95. The number of carbonyl (C=O) groups is 1. The molecular weight excluding hydrogens is 305 g/mol. The summed E-state index contributed by atoms with van der Waals surface area (Å²) in [6.07, 6.45) is 1.02. The topological polar surface area (TPSA) is 94.2 Å². The summed E-state index contributed by atoms with van der Waals surface area (Å²) in [6, 6.07) is 7.37. The van der Waals surface area contributed by atoms with Gasteiger partial charge in [-0.15, -0.1) is 0 Å². The van der Waals surface area contributed by atoms with Crippen LogP contribution in [0.3, 0.4) is 0 Å². The summed E-state index contributed by atoms with van der Waals surface area (Å²) in [4.78, 5) is 33.7. The van der Waals surface area contributed by atoms with Crippen molar-refractivity contribution in [3.8, 4) is 0 Å². The molecule has 1 N–H and O–H groups in total. The zero-order valence-corrected chi connectivity index (χ0v) is 12.2. The molecule has 0 saturated carbocycles. The molecule has 120 valence electrons. The molecule has 0 radical (unpaired) electrons. The number of nitrogens with zero attached hydrogens (tertiary/aromatic N) is 2. The molecule has 0 fully saturated rings. The monoisotopic (exact) mass is 319 g/mol. The first kappa shape index (κ1) is 16.3. The summed E-state index contributed by atoms with van der Waals surface area (Å²) >= 11 is 0. The van der Waals surface area contributed by atoms with E-state index in [2.05, 4.69) is 5.32 Å². The number of carbonyl (C=O) groups excluding carboxylic acids is 1. The number of aromatic nitrogens is 1. The molecule has 2 aromatic rings. The van der Waals surface area contributed by atoms with Crippen LogP contribution in [-0.4, -0.2) is 15.4 Å². The van der Waals surface area contributed by atoms with E-state index in [9.17, 15) is 24.1 Å². The molecule has 7 nitrogen and oxygen atoms in total. The van der Waals surface area contributed by atoms with Gasteiger partial charge in [0.25, 0.3) is 11.2 Å². The highest BCUT2D eigenvalue weighted by atomic mass is 19.1. The minimum atomic E-state index is -0.644. The summed E-state index contributed by atoms with van der Waals surface area (Å²) in [5.74, 6) is -0.861. The largest absolute Gasteiger partial charge is 0.348 e. The zero-order chi connectivity index (χ0) is 17.0. The van der Waals surface area contributed by atoms with E-state index in [1.165, 1.54) is 12.1 Å². The van der Waals surface area contributed by atoms with Crippen LogP contribution in [0.2, 0.25) is 0 Å². The normalized spacial score (nSPS) is 11.7. The molecule has 0 saturated heterocycles. The molecule has 0 spiro atoms. The van der Waals surface area contributed by atoms with Crippen LogP contribution < -0.4 is 10.9 Å². The predicted molar refractivity (Wildman–Crippen MR) is 80.3 cm³/mol. The van der Waals surface area contributed by atoms with Crippen molar-refractivity contribution in [2.24, 2.45) is 0 Å². The highest BCUT2D eigenvalue weighted by molar-refractivity contribution is 5.76. The maximum atomic E-state index is 12.9. The summed E-state index contributed by atoms with van der Waals surface area (Å²) < 4.78 is 13.8. The van der Waals surface area contributed by atoms with Gasteiger partial charge in [-0.2, -0.15) is 0 Å². The molecule has 1 unspecified atom stereocenters. The van der Waals surface area contributed by atoms with Crippen molar-refractivity contribution in [3.05, 3.63) is 74.4 Å². The van der Waals surface area contributed by atoms with E-state index in [1.807, 2.05) is 0 Å². The fourth-order valence-corrected chi connectivity index (χ4v) is 2.03. The SMILES string of the molecule is CC(NC(=O)Cn1cc([N+](=O)[O-])ccc1=O)c1ccc(F)cc1. The third-order valence-electron chi connectivity index (χ3n) is 3.24. The highest BCUT2D eigenvalue weighted by Gasteiger charge is 2.13. The Morgan fingerprint density at radius 2 is 1.96 bits per heavy atom. The van der Waals surface area contributed by atoms with Crippen LogP contribution >= 0.6 is 0 Å². The quantitative estimate of drug-likeness (QED) is 0.671. The number of nitro groups is 1. The van der Waals surface area contributed by atoms with Crippen LogP contribution in [0.5, 0.6) is 0 Å². The maximum absolute atomic E-state index is 12.9. The van der Waals surface area contributed by atoms with E-state index >= 15 is 0 Å². The Morgan fingerprint density at radius 3 is 2.57 bits per heavy atom. The van der Waals surface area contributed by atoms with Crippen LogP contribution in [0, 0.1) is 15.9 Å². The molecule has 0 aliphatic carbocycles. The lowest BCUT2D eigenvalue weighted by molar-refractivity contribution is -0.385. The van der Waals surface area contributed by atoms with Crippen LogP contribution in [-0.2, 0) is 11.3 Å². The molecule has 1 aromatic heterocycles. The molecule has 1 aromatic carbocycles. The first-order valence-electron chi connectivity index (χ1n) is 6.76. The Balaban J connectivity index is 2.07. The van der Waals surface area contributed by atoms with Gasteiger partial charge < -0.3 is 5.32 Å². The Kier molecular flexibility index (Phi) is 4.85. The molecule has 1 amide bonds. The lowest BCUT2D eigenvalue weighted by Crippen LogP contribution is -2.33. The highest BCUT2D eigenvalue weighted by Crippen LogP contribution is 2.13. The summed E-state index contributed by atoms with van der Waals surface area (Å²) in [7, 11) is 0. The number of benzene rings is 1. The van der Waals surface area contributed by atoms with E-state index < -0.39 is 22.4 Å². The van der Waals surface area contributed by atoms with Gasteiger partial charge in [-0.1, -0.05) is 12.1 Å². The van der Waals surface area contributed by atoms with Gasteiger partial charge in [-0.3, -0.25) is 24.3 Å². The van der Waals surface area contributed by atoms with Crippen molar-refractivity contribution in [2.75, 3.05) is 0 Å². The van der Waals surface area contributed by atoms with Crippen LogP contribution in [0.15, 0.2) is 47.4 Å². The third-order valence-corrected chi connectivity index (χ3v) is 3.24. The minimum absolute atomic E-state index is 0.274. The molecule has 8 heteroatoms. The Bertz CT molecular complexity index is 786. The molecule has 2 rings (SSSR count). The maximum Gasteiger partial charge on any atom is 0.285 e. The van der Waals surface area contributed by atoms with E-state index in [0.29, 0.717) is 5.56 Å². The van der Waals surface area contributed by atoms with Crippen molar-refractivity contribution in [3.63, 3.8) is 0 Å². The average Bonchev–Trinajstić information content (AvgIpc) is 2.49. The number of hydrogen-bond acceptors (Lipinski definition) is 4. The number of hydrogen-bond donors (Lipinski definition) is 1. The van der Waals surface area contributed by atoms with Crippen molar-refractivity contribution in [2.45, 2.75) is 19.5 Å². The molecule has 1 heterocycles. The van der Waals surface area contributed by atoms with E-state index in [1.54, 1.807) is 19.1 Å². The van der Waals surface area contributed by atoms with Gasteiger partial charge in [0.15, 0.2) is 0 Å². The first-order valence-corrected chi connectivity index (χ1v) is 6.76. The third kappa shape index (κ3) is 4.22. The second-order valence-corrected chi connectivity index (χ2v) is 4.95.